The van der Waals surface area contributed by atoms with Gasteiger partial charge in [-0.2, -0.15) is 0 Å². The quantitative estimate of drug-likeness (QED) is 0.901. The predicted molar refractivity (Wildman–Crippen MR) is 77.2 cm³/mol. The first-order chi connectivity index (χ1) is 9.94. The maximum Gasteiger partial charge on any atom is 0.126 e. The first-order valence-corrected chi connectivity index (χ1v) is 6.83. The van der Waals surface area contributed by atoms with E-state index in [1.165, 1.54) is 12.1 Å². The first-order valence-electron chi connectivity index (χ1n) is 6.83. The van der Waals surface area contributed by atoms with Crippen molar-refractivity contribution in [3.05, 3.63) is 65.2 Å². The Morgan fingerprint density at radius 1 is 1.00 bits per heavy atom. The van der Waals surface area contributed by atoms with E-state index in [2.05, 4.69) is 0 Å². The molecule has 2 aromatic carbocycles. The largest absolute Gasteiger partial charge is 0.491 e. The van der Waals surface area contributed by atoms with Crippen molar-refractivity contribution in [1.82, 2.24) is 0 Å². The summed E-state index contributed by atoms with van der Waals surface area (Å²) in [6.07, 6.45) is -0.589. The molecule has 0 amide bonds. The summed E-state index contributed by atoms with van der Waals surface area (Å²) in [5.74, 6) is -0.562. The maximum atomic E-state index is 13.1. The van der Waals surface area contributed by atoms with Crippen molar-refractivity contribution in [3.8, 4) is 5.75 Å². The molecule has 21 heavy (non-hydrogen) atoms. The van der Waals surface area contributed by atoms with Crippen molar-refractivity contribution in [2.45, 2.75) is 32.5 Å². The van der Waals surface area contributed by atoms with E-state index < -0.39 is 17.7 Å². The highest BCUT2D eigenvalue weighted by atomic mass is 19.1. The van der Waals surface area contributed by atoms with Gasteiger partial charge in [0, 0.05) is 12.5 Å². The van der Waals surface area contributed by atoms with Crippen LogP contribution in [-0.4, -0.2) is 11.2 Å². The van der Waals surface area contributed by atoms with Crippen LogP contribution in [0, 0.1) is 11.6 Å². The number of hydrogen-bond acceptors (Lipinski definition) is 2. The molecular formula is C17H18F2O2. The number of ether oxygens (including phenoxy) is 1. The van der Waals surface area contributed by atoms with Crippen LogP contribution in [0.3, 0.4) is 0 Å². The molecule has 1 atom stereocenters. The molecular weight excluding hydrogens is 274 g/mol. The molecule has 0 radical (unpaired) electrons. The lowest BCUT2D eigenvalue weighted by molar-refractivity contribution is 0.178. The normalized spacial score (nSPS) is 12.5. The zero-order valence-corrected chi connectivity index (χ0v) is 12.0. The van der Waals surface area contributed by atoms with Crippen LogP contribution >= 0.6 is 0 Å². The molecule has 4 heteroatoms. The fourth-order valence-electron chi connectivity index (χ4n) is 2.11. The van der Waals surface area contributed by atoms with Crippen LogP contribution in [0.25, 0.3) is 0 Å². The molecule has 0 spiro atoms. The molecule has 0 fully saturated rings. The molecule has 0 aliphatic rings. The Morgan fingerprint density at radius 2 is 1.57 bits per heavy atom. The van der Waals surface area contributed by atoms with Gasteiger partial charge in [-0.05, 0) is 49.2 Å². The third-order valence-electron chi connectivity index (χ3n) is 2.99. The summed E-state index contributed by atoms with van der Waals surface area (Å²) < 4.78 is 31.8. The number of halogens is 2. The van der Waals surface area contributed by atoms with Crippen LogP contribution < -0.4 is 4.74 Å². The third-order valence-corrected chi connectivity index (χ3v) is 2.99. The molecule has 0 saturated carbocycles. The van der Waals surface area contributed by atoms with Crippen molar-refractivity contribution in [3.63, 3.8) is 0 Å². The molecule has 2 aromatic rings. The first kappa shape index (κ1) is 15.4. The Morgan fingerprint density at radius 3 is 2.10 bits per heavy atom. The van der Waals surface area contributed by atoms with E-state index >= 15 is 0 Å². The molecule has 0 heterocycles. The highest BCUT2D eigenvalue weighted by Crippen LogP contribution is 2.22. The second-order valence-electron chi connectivity index (χ2n) is 5.23. The van der Waals surface area contributed by atoms with Gasteiger partial charge in [-0.15, -0.1) is 0 Å². The van der Waals surface area contributed by atoms with Crippen LogP contribution in [0.5, 0.6) is 5.75 Å². The Hall–Kier alpha value is -1.94. The van der Waals surface area contributed by atoms with Gasteiger partial charge in [0.2, 0.25) is 0 Å². The van der Waals surface area contributed by atoms with Gasteiger partial charge in [-0.25, -0.2) is 8.78 Å². The average Bonchev–Trinajstić information content (AvgIpc) is 2.37. The van der Waals surface area contributed by atoms with Crippen molar-refractivity contribution in [2.75, 3.05) is 0 Å². The summed E-state index contributed by atoms with van der Waals surface area (Å²) >= 11 is 0. The molecule has 1 unspecified atom stereocenters. The molecule has 112 valence electrons. The monoisotopic (exact) mass is 292 g/mol. The van der Waals surface area contributed by atoms with Gasteiger partial charge in [0.15, 0.2) is 0 Å². The summed E-state index contributed by atoms with van der Waals surface area (Å²) in [5.41, 5.74) is 1.10. The summed E-state index contributed by atoms with van der Waals surface area (Å²) in [7, 11) is 0. The van der Waals surface area contributed by atoms with Crippen molar-refractivity contribution >= 4 is 0 Å². The second kappa shape index (κ2) is 6.68. The molecule has 1 N–H and O–H groups in total. The average molecular weight is 292 g/mol. The van der Waals surface area contributed by atoms with Crippen LogP contribution in [-0.2, 0) is 6.42 Å². The fourth-order valence-corrected chi connectivity index (χ4v) is 2.11. The van der Waals surface area contributed by atoms with E-state index in [0.717, 1.165) is 11.8 Å². The lowest BCUT2D eigenvalue weighted by atomic mass is 10.0. The van der Waals surface area contributed by atoms with Gasteiger partial charge in [-0.1, -0.05) is 12.1 Å². The molecule has 2 rings (SSSR count). The minimum atomic E-state index is -0.820. The van der Waals surface area contributed by atoms with E-state index in [1.807, 2.05) is 13.8 Å². The highest BCUT2D eigenvalue weighted by molar-refractivity contribution is 5.30. The Labute approximate surface area is 123 Å². The molecule has 0 bridgehead atoms. The minimum absolute atomic E-state index is 0.0797. The zero-order valence-electron chi connectivity index (χ0n) is 12.0. The number of hydrogen-bond donors (Lipinski definition) is 1. The molecule has 0 aliphatic heterocycles. The van der Waals surface area contributed by atoms with Crippen LogP contribution in [0.2, 0.25) is 0 Å². The van der Waals surface area contributed by atoms with E-state index in [4.69, 9.17) is 4.74 Å². The Balaban J connectivity index is 2.07. The summed E-state index contributed by atoms with van der Waals surface area (Å²) in [4.78, 5) is 0. The van der Waals surface area contributed by atoms with Crippen molar-refractivity contribution in [2.24, 2.45) is 0 Å². The number of rotatable bonds is 5. The van der Waals surface area contributed by atoms with Gasteiger partial charge in [0.25, 0.3) is 0 Å². The van der Waals surface area contributed by atoms with Crippen LogP contribution in [0.15, 0.2) is 42.5 Å². The summed E-state index contributed by atoms with van der Waals surface area (Å²) in [6, 6.07) is 10.3. The molecule has 2 nitrogen and oxygen atoms in total. The van der Waals surface area contributed by atoms with Crippen molar-refractivity contribution < 1.29 is 18.6 Å². The molecule has 0 aliphatic carbocycles. The van der Waals surface area contributed by atoms with E-state index in [-0.39, 0.29) is 12.5 Å². The minimum Gasteiger partial charge on any atom is -0.491 e. The number of aliphatic hydroxyl groups excluding tert-OH is 1. The smallest absolute Gasteiger partial charge is 0.126 e. The summed E-state index contributed by atoms with van der Waals surface area (Å²) in [5, 5.41) is 10.1. The fraction of sp³-hybridized carbons (Fsp3) is 0.294. The standard InChI is InChI=1S/C17H18F2O2/c1-11(2)21-16-5-3-13(4-6-16)17(20)9-12-7-14(18)10-15(19)8-12/h3-8,10-11,17,20H,9H2,1-2H3. The SMILES string of the molecule is CC(C)Oc1ccc(C(O)Cc2cc(F)cc(F)c2)cc1. The van der Waals surface area contributed by atoms with Gasteiger partial charge >= 0.3 is 0 Å². The summed E-state index contributed by atoms with van der Waals surface area (Å²) in [6.45, 7) is 3.86. The van der Waals surface area contributed by atoms with Crippen molar-refractivity contribution in [1.29, 1.82) is 0 Å². The second-order valence-corrected chi connectivity index (χ2v) is 5.23. The van der Waals surface area contributed by atoms with E-state index in [9.17, 15) is 13.9 Å². The van der Waals surface area contributed by atoms with Gasteiger partial charge in [-0.3, -0.25) is 0 Å². The topological polar surface area (TPSA) is 29.5 Å². The lowest BCUT2D eigenvalue weighted by Crippen LogP contribution is -2.06. The third kappa shape index (κ3) is 4.53. The number of aliphatic hydroxyl groups is 1. The lowest BCUT2D eigenvalue weighted by Gasteiger charge is -2.13. The highest BCUT2D eigenvalue weighted by Gasteiger charge is 2.11. The zero-order chi connectivity index (χ0) is 15.4. The van der Waals surface area contributed by atoms with Crippen LogP contribution in [0.4, 0.5) is 8.78 Å². The van der Waals surface area contributed by atoms with E-state index in [0.29, 0.717) is 11.1 Å². The van der Waals surface area contributed by atoms with Gasteiger partial charge < -0.3 is 9.84 Å². The van der Waals surface area contributed by atoms with Gasteiger partial charge in [0.1, 0.15) is 17.4 Å². The predicted octanol–water partition coefficient (Wildman–Crippen LogP) is 4.03. The number of benzene rings is 2. The van der Waals surface area contributed by atoms with E-state index in [1.54, 1.807) is 24.3 Å². The molecule has 0 saturated heterocycles. The molecule has 0 aromatic heterocycles. The van der Waals surface area contributed by atoms with Crippen LogP contribution in [0.1, 0.15) is 31.1 Å². The Bertz CT molecular complexity index is 574. The maximum absolute atomic E-state index is 13.1. The Kier molecular flexibility index (Phi) is 4.91. The van der Waals surface area contributed by atoms with Gasteiger partial charge in [0.05, 0.1) is 12.2 Å².